The summed E-state index contributed by atoms with van der Waals surface area (Å²) in [4.78, 5) is 24.7. The molecule has 8 heteroatoms. The SMILES string of the molecule is COc1ccc(CNc2nc(N3CC4CC4C3)ncc2C(=O)NC2CCCCC2)cc1Cl. The minimum absolute atomic E-state index is 0.108. The lowest BCUT2D eigenvalue weighted by atomic mass is 9.95. The number of piperidine rings is 1. The minimum atomic E-state index is -0.108. The van der Waals surface area contributed by atoms with Gasteiger partial charge in [0.15, 0.2) is 0 Å². The van der Waals surface area contributed by atoms with Crippen LogP contribution < -0.4 is 20.3 Å². The Labute approximate surface area is 193 Å². The number of fused-ring (bicyclic) bond motifs is 1. The van der Waals surface area contributed by atoms with Crippen LogP contribution in [0.2, 0.25) is 5.02 Å². The third-order valence-corrected chi connectivity index (χ3v) is 7.19. The van der Waals surface area contributed by atoms with Gasteiger partial charge in [-0.15, -0.1) is 0 Å². The summed E-state index contributed by atoms with van der Waals surface area (Å²) in [6.45, 7) is 2.51. The number of nitrogens with one attached hydrogen (secondary N) is 2. The zero-order valence-corrected chi connectivity index (χ0v) is 19.2. The number of hydrogen-bond acceptors (Lipinski definition) is 6. The van der Waals surface area contributed by atoms with Gasteiger partial charge in [-0.05, 0) is 48.8 Å². The summed E-state index contributed by atoms with van der Waals surface area (Å²) >= 11 is 6.28. The van der Waals surface area contributed by atoms with Crippen molar-refractivity contribution in [2.45, 2.75) is 51.1 Å². The molecule has 2 unspecified atom stereocenters. The van der Waals surface area contributed by atoms with Gasteiger partial charge in [0.2, 0.25) is 5.95 Å². The molecule has 1 aromatic heterocycles. The second-order valence-corrected chi connectivity index (χ2v) is 9.63. The predicted octanol–water partition coefficient (Wildman–Crippen LogP) is 4.27. The van der Waals surface area contributed by atoms with E-state index in [2.05, 4.69) is 20.5 Å². The molecule has 1 aromatic carbocycles. The Morgan fingerprint density at radius 1 is 1.22 bits per heavy atom. The van der Waals surface area contributed by atoms with E-state index in [1.54, 1.807) is 13.3 Å². The van der Waals surface area contributed by atoms with Crippen molar-refractivity contribution < 1.29 is 9.53 Å². The monoisotopic (exact) mass is 455 g/mol. The van der Waals surface area contributed by atoms with Crippen molar-refractivity contribution in [2.24, 2.45) is 11.8 Å². The van der Waals surface area contributed by atoms with Crippen molar-refractivity contribution in [1.29, 1.82) is 0 Å². The molecule has 2 aromatic rings. The molecule has 0 spiro atoms. The maximum Gasteiger partial charge on any atom is 0.256 e. The lowest BCUT2D eigenvalue weighted by molar-refractivity contribution is 0.0928. The van der Waals surface area contributed by atoms with Gasteiger partial charge in [0.1, 0.15) is 17.1 Å². The van der Waals surface area contributed by atoms with Crippen molar-refractivity contribution in [1.82, 2.24) is 15.3 Å². The zero-order chi connectivity index (χ0) is 22.1. The van der Waals surface area contributed by atoms with Crippen LogP contribution in [0, 0.1) is 11.8 Å². The summed E-state index contributed by atoms with van der Waals surface area (Å²) in [5.74, 6) is 3.36. The molecule has 32 heavy (non-hydrogen) atoms. The normalized spacial score (nSPS) is 22.4. The highest BCUT2D eigenvalue weighted by molar-refractivity contribution is 6.32. The van der Waals surface area contributed by atoms with Crippen molar-refractivity contribution in [2.75, 3.05) is 30.4 Å². The van der Waals surface area contributed by atoms with Gasteiger partial charge >= 0.3 is 0 Å². The Hall–Kier alpha value is -2.54. The fourth-order valence-corrected chi connectivity index (χ4v) is 5.18. The predicted molar refractivity (Wildman–Crippen MR) is 126 cm³/mol. The zero-order valence-electron chi connectivity index (χ0n) is 18.4. The standard InChI is InChI=1S/C24H30ClN5O2/c1-32-21-8-7-15(9-20(21)25)11-26-22-19(23(31)28-18-5-3-2-4-6-18)12-27-24(29-22)30-13-16-10-17(16)14-30/h7-9,12,16-18H,2-6,10-11,13-14H2,1H3,(H,28,31)(H,26,27,29). The first kappa shape index (κ1) is 21.3. The largest absolute Gasteiger partial charge is 0.495 e. The third-order valence-electron chi connectivity index (χ3n) is 6.90. The van der Waals surface area contributed by atoms with Gasteiger partial charge in [-0.25, -0.2) is 4.98 Å². The van der Waals surface area contributed by atoms with Crippen LogP contribution in [0.3, 0.4) is 0 Å². The van der Waals surface area contributed by atoms with Gasteiger partial charge in [-0.1, -0.05) is 36.9 Å². The summed E-state index contributed by atoms with van der Waals surface area (Å²) < 4.78 is 5.24. The number of methoxy groups -OCH3 is 1. The average molecular weight is 456 g/mol. The number of halogens is 1. The van der Waals surface area contributed by atoms with Crippen LogP contribution in [-0.2, 0) is 6.54 Å². The van der Waals surface area contributed by atoms with Crippen LogP contribution in [0.4, 0.5) is 11.8 Å². The molecule has 2 atom stereocenters. The van der Waals surface area contributed by atoms with Gasteiger partial charge in [0.25, 0.3) is 5.91 Å². The van der Waals surface area contributed by atoms with Gasteiger partial charge in [0, 0.05) is 31.9 Å². The number of amides is 1. The fourth-order valence-electron chi connectivity index (χ4n) is 4.90. The number of anilines is 2. The molecule has 1 aliphatic heterocycles. The van der Waals surface area contributed by atoms with E-state index in [1.165, 1.54) is 25.7 Å². The molecule has 2 saturated carbocycles. The molecule has 2 aliphatic carbocycles. The molecule has 7 nitrogen and oxygen atoms in total. The van der Waals surface area contributed by atoms with Crippen LogP contribution in [0.1, 0.15) is 54.4 Å². The van der Waals surface area contributed by atoms with Crippen LogP contribution in [0.15, 0.2) is 24.4 Å². The van der Waals surface area contributed by atoms with Gasteiger partial charge in [-0.2, -0.15) is 4.98 Å². The van der Waals surface area contributed by atoms with E-state index >= 15 is 0 Å². The number of nitrogens with zero attached hydrogens (tertiary/aromatic N) is 3. The highest BCUT2D eigenvalue weighted by Gasteiger charge is 2.46. The minimum Gasteiger partial charge on any atom is -0.495 e. The molecule has 3 aliphatic rings. The highest BCUT2D eigenvalue weighted by Crippen LogP contribution is 2.45. The summed E-state index contributed by atoms with van der Waals surface area (Å²) in [5.41, 5.74) is 1.47. The van der Waals surface area contributed by atoms with E-state index in [0.29, 0.717) is 34.6 Å². The fraction of sp³-hybridized carbons (Fsp3) is 0.542. The summed E-state index contributed by atoms with van der Waals surface area (Å²) in [6, 6.07) is 5.90. The number of hydrogen-bond donors (Lipinski definition) is 2. The third kappa shape index (κ3) is 4.63. The molecule has 0 radical (unpaired) electrons. The molecule has 0 bridgehead atoms. The Bertz CT molecular complexity index is 984. The van der Waals surface area contributed by atoms with Crippen LogP contribution in [0.25, 0.3) is 0 Å². The second kappa shape index (κ2) is 9.14. The second-order valence-electron chi connectivity index (χ2n) is 9.22. The van der Waals surface area contributed by atoms with Crippen molar-refractivity contribution in [3.8, 4) is 5.75 Å². The maximum atomic E-state index is 13.1. The van der Waals surface area contributed by atoms with Gasteiger partial charge in [0.05, 0.1) is 12.1 Å². The number of rotatable bonds is 7. The molecule has 170 valence electrons. The lowest BCUT2D eigenvalue weighted by Crippen LogP contribution is -2.37. The maximum absolute atomic E-state index is 13.1. The number of ether oxygens (including phenoxy) is 1. The topological polar surface area (TPSA) is 79.4 Å². The smallest absolute Gasteiger partial charge is 0.256 e. The number of aromatic nitrogens is 2. The first-order valence-corrected chi connectivity index (χ1v) is 12.0. The lowest BCUT2D eigenvalue weighted by Gasteiger charge is -2.24. The molecule has 2 heterocycles. The molecular formula is C24H30ClN5O2. The number of carbonyl (C=O) groups excluding carboxylic acids is 1. The first-order valence-electron chi connectivity index (χ1n) is 11.6. The van der Waals surface area contributed by atoms with Gasteiger partial charge in [-0.3, -0.25) is 4.79 Å². The molecule has 3 fully saturated rings. The van der Waals surface area contributed by atoms with Crippen LogP contribution >= 0.6 is 11.6 Å². The van der Waals surface area contributed by atoms with E-state index in [1.807, 2.05) is 18.2 Å². The van der Waals surface area contributed by atoms with Crippen LogP contribution in [-0.4, -0.2) is 42.1 Å². The van der Waals surface area contributed by atoms with E-state index < -0.39 is 0 Å². The van der Waals surface area contributed by atoms with Crippen LogP contribution in [0.5, 0.6) is 5.75 Å². The average Bonchev–Trinajstić information content (AvgIpc) is 3.43. The first-order chi connectivity index (χ1) is 15.6. The van der Waals surface area contributed by atoms with E-state index in [9.17, 15) is 4.79 Å². The Morgan fingerprint density at radius 2 is 2.00 bits per heavy atom. The Morgan fingerprint density at radius 3 is 2.72 bits per heavy atom. The molecule has 1 amide bonds. The molecule has 1 saturated heterocycles. The Kier molecular flexibility index (Phi) is 6.09. The quantitative estimate of drug-likeness (QED) is 0.649. The molecular weight excluding hydrogens is 426 g/mol. The van der Waals surface area contributed by atoms with Crippen molar-refractivity contribution >= 4 is 29.3 Å². The van der Waals surface area contributed by atoms with Crippen molar-refractivity contribution in [3.05, 3.63) is 40.5 Å². The highest BCUT2D eigenvalue weighted by atomic mass is 35.5. The van der Waals surface area contributed by atoms with E-state index in [-0.39, 0.29) is 11.9 Å². The summed E-state index contributed by atoms with van der Waals surface area (Å²) in [6.07, 6.45) is 8.65. The van der Waals surface area contributed by atoms with Gasteiger partial charge < -0.3 is 20.3 Å². The summed E-state index contributed by atoms with van der Waals surface area (Å²) in [7, 11) is 1.60. The van der Waals surface area contributed by atoms with E-state index in [0.717, 1.165) is 43.3 Å². The van der Waals surface area contributed by atoms with E-state index in [4.69, 9.17) is 21.3 Å². The molecule has 5 rings (SSSR count). The Balaban J connectivity index is 1.35. The number of carbonyl (C=O) groups is 1. The summed E-state index contributed by atoms with van der Waals surface area (Å²) in [5, 5.41) is 7.11. The molecule has 2 N–H and O–H groups in total. The number of benzene rings is 1. The van der Waals surface area contributed by atoms with Crippen molar-refractivity contribution in [3.63, 3.8) is 0 Å².